The Balaban J connectivity index is 2.40. The van der Waals surface area contributed by atoms with E-state index in [1.165, 1.54) is 62.6 Å². The summed E-state index contributed by atoms with van der Waals surface area (Å²) in [5.74, 6) is -0.591. The molecule has 5 nitrogen and oxygen atoms in total. The van der Waals surface area contributed by atoms with Gasteiger partial charge in [0.2, 0.25) is 5.88 Å². The molecule has 25 heavy (non-hydrogen) atoms. The lowest BCUT2D eigenvalue weighted by atomic mass is 10.1. The molecule has 0 spiro atoms. The molecule has 0 aliphatic rings. The van der Waals surface area contributed by atoms with Gasteiger partial charge in [-0.2, -0.15) is 0 Å². The van der Waals surface area contributed by atoms with Crippen LogP contribution in [0, 0.1) is 6.92 Å². The molecule has 0 aliphatic carbocycles. The Morgan fingerprint density at radius 1 is 1.04 bits per heavy atom. The van der Waals surface area contributed by atoms with Crippen molar-refractivity contribution >= 4 is 5.91 Å². The summed E-state index contributed by atoms with van der Waals surface area (Å²) in [7, 11) is 1.51. The topological polar surface area (TPSA) is 71.3 Å². The van der Waals surface area contributed by atoms with Crippen molar-refractivity contribution in [3.63, 3.8) is 0 Å². The molecule has 0 saturated heterocycles. The zero-order chi connectivity index (χ0) is 18.7. The highest BCUT2D eigenvalue weighted by Crippen LogP contribution is 2.19. The van der Waals surface area contributed by atoms with Crippen molar-refractivity contribution in [1.29, 1.82) is 0 Å². The fourth-order valence-corrected chi connectivity index (χ4v) is 3.13. The van der Waals surface area contributed by atoms with Gasteiger partial charge in [0.25, 0.3) is 11.5 Å². The van der Waals surface area contributed by atoms with Crippen LogP contribution in [-0.2, 0) is 6.54 Å². The van der Waals surface area contributed by atoms with E-state index in [1.807, 2.05) is 0 Å². The van der Waals surface area contributed by atoms with E-state index in [-0.39, 0.29) is 22.9 Å². The molecule has 1 aromatic rings. The molecule has 1 rings (SSSR count). The van der Waals surface area contributed by atoms with Crippen LogP contribution in [0.1, 0.15) is 87.1 Å². The van der Waals surface area contributed by atoms with Gasteiger partial charge >= 0.3 is 0 Å². The first-order chi connectivity index (χ1) is 12.0. The molecule has 0 atom stereocenters. The van der Waals surface area contributed by atoms with Gasteiger partial charge in [-0.25, -0.2) is 0 Å². The van der Waals surface area contributed by atoms with Gasteiger partial charge in [0.1, 0.15) is 5.56 Å². The van der Waals surface area contributed by atoms with E-state index in [4.69, 9.17) is 0 Å². The number of nitrogens with one attached hydrogen (secondary N) is 1. The third-order valence-corrected chi connectivity index (χ3v) is 4.67. The average Bonchev–Trinajstić information content (AvgIpc) is 2.58. The first-order valence-corrected chi connectivity index (χ1v) is 9.68. The van der Waals surface area contributed by atoms with E-state index < -0.39 is 0 Å². The third-order valence-electron chi connectivity index (χ3n) is 4.67. The van der Waals surface area contributed by atoms with Crippen molar-refractivity contribution < 1.29 is 9.90 Å². The van der Waals surface area contributed by atoms with Gasteiger partial charge in [-0.3, -0.25) is 14.2 Å². The predicted octanol–water partition coefficient (Wildman–Crippen LogP) is 4.14. The highest BCUT2D eigenvalue weighted by molar-refractivity contribution is 5.97. The van der Waals surface area contributed by atoms with Crippen LogP contribution in [-0.4, -0.2) is 22.6 Å². The molecule has 142 valence electrons. The van der Waals surface area contributed by atoms with Crippen molar-refractivity contribution in [2.24, 2.45) is 0 Å². The van der Waals surface area contributed by atoms with Gasteiger partial charge in [0.15, 0.2) is 0 Å². The second-order valence-electron chi connectivity index (χ2n) is 6.78. The Labute approximate surface area is 151 Å². The second-order valence-corrected chi connectivity index (χ2v) is 6.78. The number of hydrogen-bond acceptors (Lipinski definition) is 3. The summed E-state index contributed by atoms with van der Waals surface area (Å²) in [5.41, 5.74) is 0.439. The van der Waals surface area contributed by atoms with Gasteiger partial charge in [0, 0.05) is 19.7 Å². The highest BCUT2D eigenvalue weighted by Gasteiger charge is 2.17. The minimum atomic E-state index is -0.369. The van der Waals surface area contributed by atoms with Crippen LogP contribution in [0.15, 0.2) is 10.9 Å². The fourth-order valence-electron chi connectivity index (χ4n) is 3.13. The zero-order valence-electron chi connectivity index (χ0n) is 16.1. The Morgan fingerprint density at radius 2 is 1.56 bits per heavy atom. The number of rotatable bonds is 12. The molecule has 0 saturated carbocycles. The van der Waals surface area contributed by atoms with E-state index >= 15 is 0 Å². The van der Waals surface area contributed by atoms with E-state index in [0.29, 0.717) is 12.1 Å². The summed E-state index contributed by atoms with van der Waals surface area (Å²) in [6.07, 6.45) is 12.1. The largest absolute Gasteiger partial charge is 0.494 e. The minimum Gasteiger partial charge on any atom is -0.494 e. The fraction of sp³-hybridized carbons (Fsp3) is 0.700. The van der Waals surface area contributed by atoms with Crippen molar-refractivity contribution in [3.05, 3.63) is 27.5 Å². The van der Waals surface area contributed by atoms with Crippen LogP contribution >= 0.6 is 0 Å². The predicted molar refractivity (Wildman–Crippen MR) is 102 cm³/mol. The zero-order valence-corrected chi connectivity index (χ0v) is 16.1. The normalized spacial score (nSPS) is 10.8. The molecule has 0 unspecified atom stereocenters. The molecular weight excluding hydrogens is 316 g/mol. The number of hydrogen-bond donors (Lipinski definition) is 2. The monoisotopic (exact) mass is 350 g/mol. The summed E-state index contributed by atoms with van der Waals surface area (Å²) >= 11 is 0. The first kappa shape index (κ1) is 21.3. The van der Waals surface area contributed by atoms with Gasteiger partial charge in [-0.1, -0.05) is 64.7 Å². The molecule has 1 amide bonds. The number of carbonyl (C=O) groups excluding carboxylic acids is 1. The number of aromatic hydroxyl groups is 1. The lowest BCUT2D eigenvalue weighted by molar-refractivity contribution is 0.0958. The molecule has 1 heterocycles. The Bertz CT molecular complexity index is 593. The van der Waals surface area contributed by atoms with E-state index in [0.717, 1.165) is 19.3 Å². The number of aromatic nitrogens is 1. The van der Waals surface area contributed by atoms with E-state index in [9.17, 15) is 14.7 Å². The van der Waals surface area contributed by atoms with Crippen molar-refractivity contribution in [3.8, 4) is 5.88 Å². The molecule has 0 aromatic carbocycles. The molecule has 0 aliphatic heterocycles. The average molecular weight is 351 g/mol. The van der Waals surface area contributed by atoms with Crippen LogP contribution in [0.25, 0.3) is 0 Å². The van der Waals surface area contributed by atoms with Gasteiger partial charge in [0.05, 0.1) is 0 Å². The molecule has 5 heteroatoms. The number of amides is 1. The minimum absolute atomic E-state index is 0.189. The number of carbonyl (C=O) groups is 1. The molecule has 0 fully saturated rings. The lowest BCUT2D eigenvalue weighted by Crippen LogP contribution is -2.26. The van der Waals surface area contributed by atoms with Crippen LogP contribution in [0.2, 0.25) is 0 Å². The van der Waals surface area contributed by atoms with Crippen LogP contribution in [0.4, 0.5) is 0 Å². The first-order valence-electron chi connectivity index (χ1n) is 9.68. The van der Waals surface area contributed by atoms with Crippen molar-refractivity contribution in [2.45, 2.75) is 84.6 Å². The smallest absolute Gasteiger partial charge is 0.256 e. The van der Waals surface area contributed by atoms with Crippen molar-refractivity contribution in [1.82, 2.24) is 9.88 Å². The lowest BCUT2D eigenvalue weighted by Gasteiger charge is -2.13. The second kappa shape index (κ2) is 11.7. The summed E-state index contributed by atoms with van der Waals surface area (Å²) in [6, 6.07) is 1.42. The summed E-state index contributed by atoms with van der Waals surface area (Å²) < 4.78 is 1.31. The maximum atomic E-state index is 12.1. The highest BCUT2D eigenvalue weighted by atomic mass is 16.3. The van der Waals surface area contributed by atoms with Gasteiger partial charge in [-0.15, -0.1) is 0 Å². The Morgan fingerprint density at radius 3 is 2.08 bits per heavy atom. The molecule has 1 aromatic heterocycles. The van der Waals surface area contributed by atoms with Gasteiger partial charge < -0.3 is 10.4 Å². The van der Waals surface area contributed by atoms with Crippen molar-refractivity contribution in [2.75, 3.05) is 7.05 Å². The summed E-state index contributed by atoms with van der Waals surface area (Å²) in [4.78, 5) is 24.0. The number of pyridine rings is 1. The van der Waals surface area contributed by atoms with E-state index in [2.05, 4.69) is 12.2 Å². The van der Waals surface area contributed by atoms with E-state index in [1.54, 1.807) is 6.92 Å². The molecule has 0 bridgehead atoms. The number of nitrogens with zero attached hydrogens (tertiary/aromatic N) is 1. The summed E-state index contributed by atoms with van der Waals surface area (Å²) in [5, 5.41) is 12.8. The standard InChI is InChI=1S/C20H34N2O3/c1-4-5-6-7-8-9-10-11-12-13-14-22-17(23)15-16(2)18(20(22)25)19(24)21-3/h15,25H,4-14H2,1-3H3,(H,21,24). The van der Waals surface area contributed by atoms with Crippen LogP contribution < -0.4 is 10.9 Å². The van der Waals surface area contributed by atoms with Gasteiger partial charge in [-0.05, 0) is 18.9 Å². The molecule has 0 radical (unpaired) electrons. The maximum Gasteiger partial charge on any atom is 0.256 e. The number of unbranched alkanes of at least 4 members (excludes halogenated alkanes) is 9. The number of aryl methyl sites for hydroxylation is 1. The summed E-state index contributed by atoms with van der Waals surface area (Å²) in [6.45, 7) is 4.34. The SMILES string of the molecule is CCCCCCCCCCCCn1c(O)c(C(=O)NC)c(C)cc1=O. The Hall–Kier alpha value is -1.78. The molecular formula is C20H34N2O3. The third kappa shape index (κ3) is 6.92. The quantitative estimate of drug-likeness (QED) is 0.556. The molecule has 2 N–H and O–H groups in total. The maximum absolute atomic E-state index is 12.1. The van der Waals surface area contributed by atoms with Crippen LogP contribution in [0.5, 0.6) is 5.88 Å². The van der Waals surface area contributed by atoms with Crippen LogP contribution in [0.3, 0.4) is 0 Å². The Kier molecular flexibility index (Phi) is 9.97.